The lowest BCUT2D eigenvalue weighted by Gasteiger charge is -2.13. The first-order valence-electron chi connectivity index (χ1n) is 8.73. The standard InChI is InChI=1S/C21H29NO/c1-19(22-18-21-13-6-3-7-14-21)10-8-9-16-23-17-15-20-11-4-2-5-12-20/h2-7,11-14,19,22H,8-10,15-18H2,1H3. The van der Waals surface area contributed by atoms with Crippen LogP contribution in [0.15, 0.2) is 60.7 Å². The smallest absolute Gasteiger partial charge is 0.0506 e. The lowest BCUT2D eigenvalue weighted by molar-refractivity contribution is 0.132. The molecule has 23 heavy (non-hydrogen) atoms. The second-order valence-corrected chi connectivity index (χ2v) is 6.11. The number of hydrogen-bond donors (Lipinski definition) is 1. The van der Waals surface area contributed by atoms with Gasteiger partial charge in [-0.1, -0.05) is 60.7 Å². The van der Waals surface area contributed by atoms with Gasteiger partial charge in [-0.3, -0.25) is 0 Å². The van der Waals surface area contributed by atoms with Crippen LogP contribution in [-0.2, 0) is 17.7 Å². The minimum atomic E-state index is 0.555. The molecule has 0 heterocycles. The van der Waals surface area contributed by atoms with E-state index >= 15 is 0 Å². The Morgan fingerprint density at radius 1 is 0.826 bits per heavy atom. The Morgan fingerprint density at radius 3 is 2.17 bits per heavy atom. The van der Waals surface area contributed by atoms with Crippen molar-refractivity contribution >= 4 is 0 Å². The molecule has 1 N–H and O–H groups in total. The molecule has 124 valence electrons. The monoisotopic (exact) mass is 311 g/mol. The molecule has 1 atom stereocenters. The van der Waals surface area contributed by atoms with Gasteiger partial charge in [-0.05, 0) is 43.7 Å². The number of unbranched alkanes of at least 4 members (excludes halogenated alkanes) is 1. The summed E-state index contributed by atoms with van der Waals surface area (Å²) in [6.45, 7) is 4.92. The lowest BCUT2D eigenvalue weighted by atomic mass is 10.1. The Balaban J connectivity index is 1.44. The van der Waals surface area contributed by atoms with E-state index in [1.807, 2.05) is 0 Å². The zero-order valence-electron chi connectivity index (χ0n) is 14.2. The van der Waals surface area contributed by atoms with Crippen LogP contribution in [0.4, 0.5) is 0 Å². The number of nitrogens with one attached hydrogen (secondary N) is 1. The molecule has 2 aromatic carbocycles. The second kappa shape index (κ2) is 11.0. The molecule has 0 aliphatic rings. The lowest BCUT2D eigenvalue weighted by Crippen LogP contribution is -2.25. The van der Waals surface area contributed by atoms with E-state index in [9.17, 15) is 0 Å². The average molecular weight is 311 g/mol. The van der Waals surface area contributed by atoms with Gasteiger partial charge in [-0.25, -0.2) is 0 Å². The van der Waals surface area contributed by atoms with Gasteiger partial charge < -0.3 is 10.1 Å². The van der Waals surface area contributed by atoms with E-state index in [1.165, 1.54) is 24.0 Å². The Labute approximate surface area is 140 Å². The van der Waals surface area contributed by atoms with Gasteiger partial charge in [0, 0.05) is 19.2 Å². The third-order valence-corrected chi connectivity index (χ3v) is 4.05. The fraction of sp³-hybridized carbons (Fsp3) is 0.429. The van der Waals surface area contributed by atoms with Gasteiger partial charge in [0.05, 0.1) is 6.61 Å². The van der Waals surface area contributed by atoms with Gasteiger partial charge >= 0.3 is 0 Å². The minimum Gasteiger partial charge on any atom is -0.381 e. The first kappa shape index (κ1) is 17.7. The fourth-order valence-electron chi connectivity index (χ4n) is 2.58. The van der Waals surface area contributed by atoms with E-state index in [4.69, 9.17) is 4.74 Å². The third kappa shape index (κ3) is 7.96. The molecule has 0 radical (unpaired) electrons. The van der Waals surface area contributed by atoms with Crippen LogP contribution in [0.5, 0.6) is 0 Å². The van der Waals surface area contributed by atoms with Crippen molar-refractivity contribution < 1.29 is 4.74 Å². The second-order valence-electron chi connectivity index (χ2n) is 6.11. The largest absolute Gasteiger partial charge is 0.381 e. The first-order chi connectivity index (χ1) is 11.3. The highest BCUT2D eigenvalue weighted by atomic mass is 16.5. The number of benzene rings is 2. The average Bonchev–Trinajstić information content (AvgIpc) is 2.61. The summed E-state index contributed by atoms with van der Waals surface area (Å²) in [7, 11) is 0. The Hall–Kier alpha value is -1.64. The van der Waals surface area contributed by atoms with Crippen LogP contribution in [0.3, 0.4) is 0 Å². The summed E-state index contributed by atoms with van der Waals surface area (Å²) in [4.78, 5) is 0. The van der Waals surface area contributed by atoms with Gasteiger partial charge in [0.2, 0.25) is 0 Å². The minimum absolute atomic E-state index is 0.555. The molecule has 0 saturated carbocycles. The van der Waals surface area contributed by atoms with E-state index in [0.717, 1.165) is 32.6 Å². The highest BCUT2D eigenvalue weighted by molar-refractivity contribution is 5.15. The summed E-state index contributed by atoms with van der Waals surface area (Å²) in [6, 6.07) is 21.7. The molecule has 0 aliphatic heterocycles. The van der Waals surface area contributed by atoms with Crippen molar-refractivity contribution in [2.45, 2.75) is 45.2 Å². The van der Waals surface area contributed by atoms with E-state index in [2.05, 4.69) is 72.9 Å². The van der Waals surface area contributed by atoms with Crippen LogP contribution in [0.1, 0.15) is 37.3 Å². The Kier molecular flexibility index (Phi) is 8.46. The summed E-state index contributed by atoms with van der Waals surface area (Å²) < 4.78 is 5.73. The maximum atomic E-state index is 5.73. The molecular formula is C21H29NO. The molecule has 0 saturated heterocycles. The SMILES string of the molecule is CC(CCCCOCCc1ccccc1)NCc1ccccc1. The molecule has 0 aromatic heterocycles. The van der Waals surface area contributed by atoms with Crippen molar-refractivity contribution in [3.63, 3.8) is 0 Å². The molecule has 2 rings (SSSR count). The number of ether oxygens (including phenoxy) is 1. The van der Waals surface area contributed by atoms with Gasteiger partial charge in [0.25, 0.3) is 0 Å². The van der Waals surface area contributed by atoms with E-state index < -0.39 is 0 Å². The predicted octanol–water partition coefficient (Wildman–Crippen LogP) is 4.59. The molecule has 0 bridgehead atoms. The number of hydrogen-bond acceptors (Lipinski definition) is 2. The van der Waals surface area contributed by atoms with E-state index in [1.54, 1.807) is 0 Å². The van der Waals surface area contributed by atoms with E-state index in [0.29, 0.717) is 6.04 Å². The zero-order chi connectivity index (χ0) is 16.2. The molecular weight excluding hydrogens is 282 g/mol. The Bertz CT molecular complexity index is 512. The van der Waals surface area contributed by atoms with Gasteiger partial charge in [-0.15, -0.1) is 0 Å². The van der Waals surface area contributed by atoms with Crippen LogP contribution >= 0.6 is 0 Å². The highest BCUT2D eigenvalue weighted by Crippen LogP contribution is 2.04. The van der Waals surface area contributed by atoms with Crippen molar-refractivity contribution in [3.8, 4) is 0 Å². The normalized spacial score (nSPS) is 12.2. The molecule has 0 aliphatic carbocycles. The van der Waals surface area contributed by atoms with Crippen molar-refractivity contribution in [1.82, 2.24) is 5.32 Å². The predicted molar refractivity (Wildman–Crippen MR) is 97.6 cm³/mol. The summed E-state index contributed by atoms with van der Waals surface area (Å²) in [5, 5.41) is 3.58. The van der Waals surface area contributed by atoms with Crippen LogP contribution < -0.4 is 5.32 Å². The molecule has 0 spiro atoms. The molecule has 1 unspecified atom stereocenters. The zero-order valence-corrected chi connectivity index (χ0v) is 14.2. The summed E-state index contributed by atoms with van der Waals surface area (Å²) >= 11 is 0. The summed E-state index contributed by atoms with van der Waals surface area (Å²) in [5.41, 5.74) is 2.70. The topological polar surface area (TPSA) is 21.3 Å². The van der Waals surface area contributed by atoms with Crippen molar-refractivity contribution in [1.29, 1.82) is 0 Å². The highest BCUT2D eigenvalue weighted by Gasteiger charge is 2.01. The van der Waals surface area contributed by atoms with Crippen molar-refractivity contribution in [2.24, 2.45) is 0 Å². The van der Waals surface area contributed by atoms with Gasteiger partial charge in [0.1, 0.15) is 0 Å². The fourth-order valence-corrected chi connectivity index (χ4v) is 2.58. The molecule has 0 amide bonds. The summed E-state index contributed by atoms with van der Waals surface area (Å²) in [5.74, 6) is 0. The van der Waals surface area contributed by atoms with Gasteiger partial charge in [-0.2, -0.15) is 0 Å². The maximum absolute atomic E-state index is 5.73. The van der Waals surface area contributed by atoms with Crippen LogP contribution in [0.25, 0.3) is 0 Å². The van der Waals surface area contributed by atoms with Gasteiger partial charge in [0.15, 0.2) is 0 Å². The third-order valence-electron chi connectivity index (χ3n) is 4.05. The summed E-state index contributed by atoms with van der Waals surface area (Å²) in [6.07, 6.45) is 4.57. The Morgan fingerprint density at radius 2 is 1.48 bits per heavy atom. The van der Waals surface area contributed by atoms with Crippen LogP contribution in [0.2, 0.25) is 0 Å². The number of rotatable bonds is 11. The molecule has 2 aromatic rings. The molecule has 2 nitrogen and oxygen atoms in total. The van der Waals surface area contributed by atoms with Crippen molar-refractivity contribution in [3.05, 3.63) is 71.8 Å². The van der Waals surface area contributed by atoms with E-state index in [-0.39, 0.29) is 0 Å². The van der Waals surface area contributed by atoms with Crippen molar-refractivity contribution in [2.75, 3.05) is 13.2 Å². The molecule has 2 heteroatoms. The quantitative estimate of drug-likeness (QED) is 0.613. The molecule has 0 fully saturated rings. The first-order valence-corrected chi connectivity index (χ1v) is 8.73. The van der Waals surface area contributed by atoms with Crippen LogP contribution in [0, 0.1) is 0 Å². The van der Waals surface area contributed by atoms with Crippen LogP contribution in [-0.4, -0.2) is 19.3 Å². The maximum Gasteiger partial charge on any atom is 0.0506 e.